The SMILES string of the molecule is CC(F)(F)C[C@H](C(=O)NC1(C#N)CC1)C1N(C(N)=O)CCC12CCCC2. The summed E-state index contributed by atoms with van der Waals surface area (Å²) in [7, 11) is 0. The molecule has 144 valence electrons. The van der Waals surface area contributed by atoms with Crippen molar-refractivity contribution in [1.82, 2.24) is 10.2 Å². The van der Waals surface area contributed by atoms with Crippen LogP contribution in [-0.2, 0) is 4.79 Å². The molecule has 1 heterocycles. The van der Waals surface area contributed by atoms with Crippen molar-refractivity contribution in [2.24, 2.45) is 17.1 Å². The molecule has 26 heavy (non-hydrogen) atoms. The molecule has 0 radical (unpaired) electrons. The number of rotatable bonds is 5. The Hall–Kier alpha value is -1.91. The van der Waals surface area contributed by atoms with Gasteiger partial charge in [0.2, 0.25) is 11.8 Å². The van der Waals surface area contributed by atoms with Crippen molar-refractivity contribution in [2.75, 3.05) is 6.54 Å². The topological polar surface area (TPSA) is 99.2 Å². The Morgan fingerprint density at radius 1 is 1.31 bits per heavy atom. The zero-order chi connectivity index (χ0) is 19.2. The standard InChI is InChI=1S/C18H26F2N4O2/c1-16(19,20)10-12(14(25)23-18(11-21)6-7-18)13-17(4-2-3-5-17)8-9-24(13)15(22)26/h12-13H,2-10H2,1H3,(H2,22,26)(H,23,25)/t12-,13?/m0/s1. The average molecular weight is 368 g/mol. The molecule has 6 nitrogen and oxygen atoms in total. The highest BCUT2D eigenvalue weighted by atomic mass is 19.3. The van der Waals surface area contributed by atoms with Gasteiger partial charge in [-0.1, -0.05) is 12.8 Å². The van der Waals surface area contributed by atoms with E-state index in [1.165, 1.54) is 4.90 Å². The van der Waals surface area contributed by atoms with Gasteiger partial charge in [0.25, 0.3) is 0 Å². The second kappa shape index (κ2) is 6.36. The number of hydrogen-bond donors (Lipinski definition) is 2. The van der Waals surface area contributed by atoms with Gasteiger partial charge in [-0.3, -0.25) is 4.79 Å². The zero-order valence-electron chi connectivity index (χ0n) is 15.1. The van der Waals surface area contributed by atoms with Gasteiger partial charge in [0.15, 0.2) is 0 Å². The number of urea groups is 1. The zero-order valence-corrected chi connectivity index (χ0v) is 15.1. The highest BCUT2D eigenvalue weighted by Crippen LogP contribution is 2.53. The second-order valence-corrected chi connectivity index (χ2v) is 8.36. The molecular weight excluding hydrogens is 342 g/mol. The number of primary amides is 1. The fourth-order valence-corrected chi connectivity index (χ4v) is 4.93. The summed E-state index contributed by atoms with van der Waals surface area (Å²) >= 11 is 0. The Kier molecular flexibility index (Phi) is 4.62. The summed E-state index contributed by atoms with van der Waals surface area (Å²) in [6.07, 6.45) is 4.62. The highest BCUT2D eigenvalue weighted by Gasteiger charge is 2.57. The number of amides is 3. The van der Waals surface area contributed by atoms with Crippen LogP contribution in [0.2, 0.25) is 0 Å². The van der Waals surface area contributed by atoms with E-state index in [0.717, 1.165) is 32.6 Å². The molecule has 0 aromatic carbocycles. The van der Waals surface area contributed by atoms with Gasteiger partial charge in [0, 0.05) is 13.0 Å². The van der Waals surface area contributed by atoms with Crippen molar-refractivity contribution < 1.29 is 18.4 Å². The molecule has 1 saturated heterocycles. The number of nitrogens with one attached hydrogen (secondary N) is 1. The van der Waals surface area contributed by atoms with Gasteiger partial charge in [0.05, 0.1) is 18.0 Å². The molecule has 1 spiro atoms. The molecule has 3 fully saturated rings. The summed E-state index contributed by atoms with van der Waals surface area (Å²) in [5, 5.41) is 11.9. The first kappa shape index (κ1) is 18.9. The predicted molar refractivity (Wildman–Crippen MR) is 90.0 cm³/mol. The monoisotopic (exact) mass is 368 g/mol. The van der Waals surface area contributed by atoms with Crippen LogP contribution in [0.1, 0.15) is 58.3 Å². The Morgan fingerprint density at radius 3 is 2.38 bits per heavy atom. The molecule has 2 atom stereocenters. The molecule has 8 heteroatoms. The fourth-order valence-electron chi connectivity index (χ4n) is 4.93. The average Bonchev–Trinajstić information content (AvgIpc) is 3.01. The highest BCUT2D eigenvalue weighted by molar-refractivity contribution is 5.83. The minimum absolute atomic E-state index is 0.328. The van der Waals surface area contributed by atoms with Crippen LogP contribution in [0.4, 0.5) is 13.6 Å². The first-order valence-electron chi connectivity index (χ1n) is 9.29. The Balaban J connectivity index is 1.93. The van der Waals surface area contributed by atoms with Crippen LogP contribution in [0.15, 0.2) is 0 Å². The van der Waals surface area contributed by atoms with Gasteiger partial charge < -0.3 is 16.0 Å². The van der Waals surface area contributed by atoms with Crippen LogP contribution in [-0.4, -0.2) is 40.9 Å². The smallest absolute Gasteiger partial charge is 0.315 e. The van der Waals surface area contributed by atoms with Crippen LogP contribution in [0.25, 0.3) is 0 Å². The molecular formula is C18H26F2N4O2. The lowest BCUT2D eigenvalue weighted by molar-refractivity contribution is -0.133. The molecule has 0 bridgehead atoms. The summed E-state index contributed by atoms with van der Waals surface area (Å²) < 4.78 is 27.9. The quantitative estimate of drug-likeness (QED) is 0.780. The van der Waals surface area contributed by atoms with Crippen LogP contribution in [0, 0.1) is 22.7 Å². The normalized spacial score (nSPS) is 27.2. The van der Waals surface area contributed by atoms with Crippen molar-refractivity contribution >= 4 is 11.9 Å². The molecule has 2 aliphatic carbocycles. The number of carbonyl (C=O) groups is 2. The van der Waals surface area contributed by atoms with Gasteiger partial charge in [-0.2, -0.15) is 5.26 Å². The Bertz CT molecular complexity index is 630. The lowest BCUT2D eigenvalue weighted by Gasteiger charge is -2.40. The molecule has 1 unspecified atom stereocenters. The van der Waals surface area contributed by atoms with E-state index in [1.807, 2.05) is 0 Å². The summed E-state index contributed by atoms with van der Waals surface area (Å²) in [6.45, 7) is 1.18. The van der Waals surface area contributed by atoms with E-state index in [1.54, 1.807) is 0 Å². The van der Waals surface area contributed by atoms with Crippen molar-refractivity contribution in [3.8, 4) is 6.07 Å². The maximum atomic E-state index is 13.9. The first-order valence-corrected chi connectivity index (χ1v) is 9.29. The van der Waals surface area contributed by atoms with Crippen molar-refractivity contribution in [2.45, 2.75) is 75.8 Å². The minimum atomic E-state index is -3.06. The number of carbonyl (C=O) groups excluding carboxylic acids is 2. The second-order valence-electron chi connectivity index (χ2n) is 8.36. The van der Waals surface area contributed by atoms with Crippen LogP contribution in [0.5, 0.6) is 0 Å². The van der Waals surface area contributed by atoms with Crippen molar-refractivity contribution in [3.63, 3.8) is 0 Å². The number of nitrogens with zero attached hydrogens (tertiary/aromatic N) is 2. The molecule has 0 aromatic heterocycles. The Labute approximate surface area is 152 Å². The number of nitriles is 1. The number of nitrogens with two attached hydrogens (primary N) is 1. The molecule has 0 aromatic rings. The summed E-state index contributed by atoms with van der Waals surface area (Å²) in [4.78, 5) is 26.3. The van der Waals surface area contributed by atoms with E-state index < -0.39 is 41.8 Å². The minimum Gasteiger partial charge on any atom is -0.351 e. The third kappa shape index (κ3) is 3.49. The van der Waals surface area contributed by atoms with Gasteiger partial charge in [-0.25, -0.2) is 13.6 Å². The summed E-state index contributed by atoms with van der Waals surface area (Å²) in [5.74, 6) is -4.69. The van der Waals surface area contributed by atoms with E-state index in [4.69, 9.17) is 5.73 Å². The number of hydrogen-bond acceptors (Lipinski definition) is 3. The Morgan fingerprint density at radius 2 is 1.92 bits per heavy atom. The molecule has 3 aliphatic rings. The van der Waals surface area contributed by atoms with Crippen LogP contribution in [0.3, 0.4) is 0 Å². The molecule has 2 saturated carbocycles. The van der Waals surface area contributed by atoms with E-state index in [0.29, 0.717) is 25.8 Å². The molecule has 1 aliphatic heterocycles. The summed E-state index contributed by atoms with van der Waals surface area (Å²) in [6, 6.07) is 0.757. The third-order valence-corrected chi connectivity index (χ3v) is 6.32. The van der Waals surface area contributed by atoms with E-state index in [-0.39, 0.29) is 5.41 Å². The lowest BCUT2D eigenvalue weighted by atomic mass is 9.71. The maximum absolute atomic E-state index is 13.9. The number of alkyl halides is 2. The van der Waals surface area contributed by atoms with Gasteiger partial charge in [-0.15, -0.1) is 0 Å². The van der Waals surface area contributed by atoms with Gasteiger partial charge in [0.1, 0.15) is 5.54 Å². The fraction of sp³-hybridized carbons (Fsp3) is 0.833. The van der Waals surface area contributed by atoms with Crippen LogP contribution < -0.4 is 11.1 Å². The lowest BCUT2D eigenvalue weighted by Crippen LogP contribution is -2.55. The van der Waals surface area contributed by atoms with Crippen LogP contribution >= 0.6 is 0 Å². The largest absolute Gasteiger partial charge is 0.351 e. The van der Waals surface area contributed by atoms with Gasteiger partial charge in [-0.05, 0) is 44.4 Å². The van der Waals surface area contributed by atoms with Gasteiger partial charge >= 0.3 is 6.03 Å². The molecule has 3 amide bonds. The molecule has 3 rings (SSSR count). The van der Waals surface area contributed by atoms with E-state index in [9.17, 15) is 23.6 Å². The summed E-state index contributed by atoms with van der Waals surface area (Å²) in [5.41, 5.74) is 4.26. The number of halogens is 2. The van der Waals surface area contributed by atoms with E-state index in [2.05, 4.69) is 11.4 Å². The predicted octanol–water partition coefficient (Wildman–Crippen LogP) is 2.53. The van der Waals surface area contributed by atoms with Crippen molar-refractivity contribution in [1.29, 1.82) is 5.26 Å². The van der Waals surface area contributed by atoms with E-state index >= 15 is 0 Å². The maximum Gasteiger partial charge on any atom is 0.315 e. The number of likely N-dealkylation sites (tertiary alicyclic amines) is 1. The third-order valence-electron chi connectivity index (χ3n) is 6.32. The van der Waals surface area contributed by atoms with Crippen molar-refractivity contribution in [3.05, 3.63) is 0 Å². The molecule has 3 N–H and O–H groups in total. The first-order chi connectivity index (χ1) is 12.1.